The second-order valence-corrected chi connectivity index (χ2v) is 8.98. The molecule has 0 radical (unpaired) electrons. The first kappa shape index (κ1) is 18.6. The van der Waals surface area contributed by atoms with Crippen LogP contribution in [0.5, 0.6) is 5.75 Å². The van der Waals surface area contributed by atoms with Crippen molar-refractivity contribution in [3.05, 3.63) is 61.6 Å². The van der Waals surface area contributed by atoms with E-state index in [9.17, 15) is 10.1 Å². The molecule has 3 aromatic rings. The predicted octanol–water partition coefficient (Wildman–Crippen LogP) is 4.33. The first-order valence-corrected chi connectivity index (χ1v) is 11.2. The number of aromatic nitrogens is 3. The average molecular weight is 431 g/mol. The molecule has 1 fully saturated rings. The molecule has 0 saturated heterocycles. The number of non-ortho nitro benzene ring substituents is 1. The van der Waals surface area contributed by atoms with Crippen LogP contribution in [0.15, 0.2) is 34.8 Å². The van der Waals surface area contributed by atoms with E-state index in [2.05, 4.69) is 26.2 Å². The van der Waals surface area contributed by atoms with Gasteiger partial charge in [-0.15, -0.1) is 21.5 Å². The van der Waals surface area contributed by atoms with Gasteiger partial charge in [0.05, 0.1) is 11.5 Å². The van der Waals surface area contributed by atoms with Gasteiger partial charge in [-0.3, -0.25) is 10.1 Å². The zero-order valence-electron chi connectivity index (χ0n) is 15.4. The summed E-state index contributed by atoms with van der Waals surface area (Å²) in [5.74, 6) is 2.18. The minimum atomic E-state index is -0.380. The van der Waals surface area contributed by atoms with E-state index in [-0.39, 0.29) is 17.4 Å². The number of thioether (sulfide) groups is 1. The summed E-state index contributed by atoms with van der Waals surface area (Å²) in [6.45, 7) is 0.476. The molecule has 0 spiro atoms. The molecule has 2 aliphatic rings. The van der Waals surface area contributed by atoms with Crippen LogP contribution < -0.4 is 4.74 Å². The van der Waals surface area contributed by atoms with Gasteiger partial charge in [-0.05, 0) is 24.3 Å². The Morgan fingerprint density at radius 2 is 2.24 bits per heavy atom. The van der Waals surface area contributed by atoms with Gasteiger partial charge in [-0.1, -0.05) is 17.8 Å². The van der Waals surface area contributed by atoms with Crippen molar-refractivity contribution in [3.8, 4) is 5.75 Å². The quantitative estimate of drug-likeness (QED) is 0.313. The molecule has 0 atom stereocenters. The van der Waals surface area contributed by atoms with Crippen molar-refractivity contribution in [1.29, 1.82) is 0 Å². The van der Waals surface area contributed by atoms with Crippen LogP contribution in [0, 0.1) is 10.1 Å². The molecule has 10 heteroatoms. The van der Waals surface area contributed by atoms with Gasteiger partial charge in [0.1, 0.15) is 11.6 Å². The van der Waals surface area contributed by atoms with Gasteiger partial charge >= 0.3 is 0 Å². The SMILES string of the molecule is O=[N+]([O-])c1cc2c(c(CSc3nnc(Cc4cccs4)n3C3CC3)c1)OCOC2. The van der Waals surface area contributed by atoms with Gasteiger partial charge < -0.3 is 14.0 Å². The number of hydrogen-bond acceptors (Lipinski definition) is 8. The molecule has 8 nitrogen and oxygen atoms in total. The molecule has 1 saturated carbocycles. The van der Waals surface area contributed by atoms with E-state index >= 15 is 0 Å². The van der Waals surface area contributed by atoms with Crippen LogP contribution in [-0.2, 0) is 23.5 Å². The van der Waals surface area contributed by atoms with Crippen molar-refractivity contribution >= 4 is 28.8 Å². The lowest BCUT2D eigenvalue weighted by Crippen LogP contribution is -2.13. The highest BCUT2D eigenvalue weighted by molar-refractivity contribution is 7.98. The van der Waals surface area contributed by atoms with Crippen molar-refractivity contribution in [1.82, 2.24) is 14.8 Å². The monoisotopic (exact) mass is 430 g/mol. The summed E-state index contributed by atoms with van der Waals surface area (Å²) in [6.07, 6.45) is 3.04. The number of nitro groups is 1. The number of hydrogen-bond donors (Lipinski definition) is 0. The molecule has 0 amide bonds. The number of nitro benzene ring substituents is 1. The van der Waals surface area contributed by atoms with Crippen LogP contribution in [0.4, 0.5) is 5.69 Å². The van der Waals surface area contributed by atoms with Crippen molar-refractivity contribution in [2.24, 2.45) is 0 Å². The van der Waals surface area contributed by atoms with E-state index in [1.807, 2.05) is 6.07 Å². The third-order valence-electron chi connectivity index (χ3n) is 4.90. The Hall–Kier alpha value is -2.43. The van der Waals surface area contributed by atoms with Crippen LogP contribution in [0.3, 0.4) is 0 Å². The van der Waals surface area contributed by atoms with E-state index < -0.39 is 0 Å². The maximum Gasteiger partial charge on any atom is 0.270 e. The fraction of sp³-hybridized carbons (Fsp3) is 0.368. The van der Waals surface area contributed by atoms with E-state index in [0.717, 1.165) is 35.8 Å². The van der Waals surface area contributed by atoms with E-state index in [4.69, 9.17) is 9.47 Å². The molecule has 1 aliphatic carbocycles. The zero-order chi connectivity index (χ0) is 19.8. The number of ether oxygens (including phenoxy) is 2. The van der Waals surface area contributed by atoms with Crippen LogP contribution in [-0.4, -0.2) is 26.5 Å². The standard InChI is InChI=1S/C19H18N4O4S2/c24-23(25)15-6-12-9-26-11-27-18(12)13(7-15)10-29-19-21-20-17(22(19)14-3-4-14)8-16-2-1-5-28-16/h1-2,5-7,14H,3-4,8-11H2. The largest absolute Gasteiger partial charge is 0.467 e. The third kappa shape index (κ3) is 3.87. The minimum Gasteiger partial charge on any atom is -0.467 e. The van der Waals surface area contributed by atoms with Crippen molar-refractivity contribution < 1.29 is 14.4 Å². The van der Waals surface area contributed by atoms with E-state index in [1.165, 1.54) is 10.9 Å². The summed E-state index contributed by atoms with van der Waals surface area (Å²) in [7, 11) is 0. The molecule has 2 aromatic heterocycles. The lowest BCUT2D eigenvalue weighted by molar-refractivity contribution is -0.385. The summed E-state index contributed by atoms with van der Waals surface area (Å²) >= 11 is 3.26. The molecule has 150 valence electrons. The van der Waals surface area contributed by atoms with E-state index in [0.29, 0.717) is 29.7 Å². The normalized spacial score (nSPS) is 15.7. The number of benzene rings is 1. The summed E-state index contributed by atoms with van der Waals surface area (Å²) in [5, 5.41) is 23.1. The zero-order valence-corrected chi connectivity index (χ0v) is 17.1. The minimum absolute atomic E-state index is 0.0514. The Bertz CT molecular complexity index is 1050. The second-order valence-electron chi connectivity index (χ2n) is 7.01. The topological polar surface area (TPSA) is 92.3 Å². The first-order valence-electron chi connectivity index (χ1n) is 9.28. The third-order valence-corrected chi connectivity index (χ3v) is 6.77. The number of nitrogens with zero attached hydrogens (tertiary/aromatic N) is 4. The van der Waals surface area contributed by atoms with Gasteiger partial charge in [0.2, 0.25) is 0 Å². The van der Waals surface area contributed by atoms with Gasteiger partial charge in [0, 0.05) is 46.4 Å². The Balaban J connectivity index is 1.41. The van der Waals surface area contributed by atoms with Crippen LogP contribution in [0.2, 0.25) is 0 Å². The Labute approximate surface area is 175 Å². The van der Waals surface area contributed by atoms with Gasteiger partial charge in [0.25, 0.3) is 5.69 Å². The van der Waals surface area contributed by atoms with E-state index in [1.54, 1.807) is 29.2 Å². The van der Waals surface area contributed by atoms with Crippen LogP contribution in [0.1, 0.15) is 40.7 Å². The second kappa shape index (κ2) is 7.77. The highest BCUT2D eigenvalue weighted by Crippen LogP contribution is 2.41. The fourth-order valence-electron chi connectivity index (χ4n) is 3.43. The average Bonchev–Trinajstić information content (AvgIpc) is 3.28. The van der Waals surface area contributed by atoms with Gasteiger partial charge in [0.15, 0.2) is 11.9 Å². The summed E-state index contributed by atoms with van der Waals surface area (Å²) in [4.78, 5) is 12.2. The van der Waals surface area contributed by atoms with Gasteiger partial charge in [-0.25, -0.2) is 0 Å². The van der Waals surface area contributed by atoms with Gasteiger partial charge in [-0.2, -0.15) is 0 Å². The molecule has 3 heterocycles. The number of fused-ring (bicyclic) bond motifs is 1. The summed E-state index contributed by atoms with van der Waals surface area (Å²) in [6, 6.07) is 7.71. The molecular weight excluding hydrogens is 412 g/mol. The molecular formula is C19H18N4O4S2. The molecule has 1 aliphatic heterocycles. The Morgan fingerprint density at radius 1 is 1.34 bits per heavy atom. The van der Waals surface area contributed by atoms with Crippen molar-refractivity contribution in [2.75, 3.05) is 6.79 Å². The molecule has 0 unspecified atom stereocenters. The summed E-state index contributed by atoms with van der Waals surface area (Å²) in [5.41, 5.74) is 1.55. The van der Waals surface area contributed by atoms with Crippen LogP contribution >= 0.6 is 23.1 Å². The smallest absolute Gasteiger partial charge is 0.270 e. The van der Waals surface area contributed by atoms with Crippen LogP contribution in [0.25, 0.3) is 0 Å². The molecule has 5 rings (SSSR count). The lowest BCUT2D eigenvalue weighted by Gasteiger charge is -2.20. The highest BCUT2D eigenvalue weighted by atomic mass is 32.2. The first-order chi connectivity index (χ1) is 14.2. The summed E-state index contributed by atoms with van der Waals surface area (Å²) < 4.78 is 13.2. The number of thiophene rings is 1. The maximum absolute atomic E-state index is 11.3. The number of rotatable bonds is 7. The van der Waals surface area contributed by atoms with Crippen molar-refractivity contribution in [2.45, 2.75) is 42.8 Å². The highest BCUT2D eigenvalue weighted by Gasteiger charge is 2.30. The lowest BCUT2D eigenvalue weighted by atomic mass is 10.1. The molecule has 0 N–H and O–H groups in total. The maximum atomic E-state index is 11.3. The molecule has 29 heavy (non-hydrogen) atoms. The fourth-order valence-corrected chi connectivity index (χ4v) is 5.12. The Kier molecular flexibility index (Phi) is 4.98. The molecule has 0 bridgehead atoms. The molecule has 1 aromatic carbocycles. The Morgan fingerprint density at radius 3 is 3.00 bits per heavy atom. The predicted molar refractivity (Wildman–Crippen MR) is 108 cm³/mol. The van der Waals surface area contributed by atoms with Crippen molar-refractivity contribution in [3.63, 3.8) is 0 Å².